The highest BCUT2D eigenvalue weighted by Gasteiger charge is 2.25. The molecule has 3 aromatic carbocycles. The Labute approximate surface area is 205 Å². The zero-order valence-corrected chi connectivity index (χ0v) is 20.3. The number of cyclic esters (lactones) is 1. The van der Waals surface area contributed by atoms with E-state index >= 15 is 0 Å². The predicted octanol–water partition coefficient (Wildman–Crippen LogP) is 6.06. The smallest absolute Gasteiger partial charge is 0.363 e. The van der Waals surface area contributed by atoms with Gasteiger partial charge >= 0.3 is 5.97 Å². The molecule has 0 N–H and O–H groups in total. The van der Waals surface area contributed by atoms with E-state index in [2.05, 4.69) is 33.6 Å². The highest BCUT2D eigenvalue weighted by molar-refractivity contribution is 14.1. The second kappa shape index (κ2) is 10.2. The van der Waals surface area contributed by atoms with Crippen molar-refractivity contribution in [1.82, 2.24) is 0 Å². The Balaban J connectivity index is 1.61. The minimum absolute atomic E-state index is 0.0728. The van der Waals surface area contributed by atoms with Crippen molar-refractivity contribution in [3.63, 3.8) is 0 Å². The van der Waals surface area contributed by atoms with Gasteiger partial charge in [-0.25, -0.2) is 14.2 Å². The summed E-state index contributed by atoms with van der Waals surface area (Å²) in [7, 11) is 0. The molecule has 0 aliphatic carbocycles. The van der Waals surface area contributed by atoms with Crippen LogP contribution < -0.4 is 9.47 Å². The van der Waals surface area contributed by atoms with Gasteiger partial charge < -0.3 is 14.2 Å². The maximum absolute atomic E-state index is 13.5. The van der Waals surface area contributed by atoms with Gasteiger partial charge in [0, 0.05) is 5.56 Å². The summed E-state index contributed by atoms with van der Waals surface area (Å²) in [5.41, 5.74) is 3.46. The molecule has 1 aliphatic heterocycles. The van der Waals surface area contributed by atoms with Crippen molar-refractivity contribution in [2.45, 2.75) is 20.5 Å². The van der Waals surface area contributed by atoms with Crippen molar-refractivity contribution >= 4 is 40.5 Å². The van der Waals surface area contributed by atoms with Crippen LogP contribution in [0.2, 0.25) is 0 Å². The molecule has 3 aromatic rings. The number of hydrogen-bond donors (Lipinski definition) is 0. The number of aliphatic imine (C=N–C) groups is 1. The van der Waals surface area contributed by atoms with E-state index in [1.54, 1.807) is 18.2 Å². The van der Waals surface area contributed by atoms with Crippen LogP contribution in [0.3, 0.4) is 0 Å². The highest BCUT2D eigenvalue weighted by Crippen LogP contribution is 2.36. The molecule has 33 heavy (non-hydrogen) atoms. The third-order valence-corrected chi connectivity index (χ3v) is 5.59. The summed E-state index contributed by atoms with van der Waals surface area (Å²) < 4.78 is 31.5. The number of carbonyl (C=O) groups excluding carboxylic acids is 1. The van der Waals surface area contributed by atoms with Gasteiger partial charge in [-0.1, -0.05) is 35.9 Å². The molecule has 0 atom stereocenters. The molecular formula is C26H21FINO4. The molecule has 1 aliphatic rings. The molecular weight excluding hydrogens is 536 g/mol. The van der Waals surface area contributed by atoms with E-state index in [1.807, 2.05) is 38.1 Å². The second-order valence-corrected chi connectivity index (χ2v) is 8.55. The Bertz CT molecular complexity index is 1270. The van der Waals surface area contributed by atoms with E-state index in [-0.39, 0.29) is 11.6 Å². The van der Waals surface area contributed by atoms with E-state index in [9.17, 15) is 9.18 Å². The van der Waals surface area contributed by atoms with E-state index in [4.69, 9.17) is 14.2 Å². The van der Waals surface area contributed by atoms with Crippen molar-refractivity contribution in [2.24, 2.45) is 4.99 Å². The molecule has 5 nitrogen and oxygen atoms in total. The van der Waals surface area contributed by atoms with Crippen LogP contribution in [0.15, 0.2) is 71.4 Å². The van der Waals surface area contributed by atoms with Gasteiger partial charge in [-0.15, -0.1) is 0 Å². The topological polar surface area (TPSA) is 57.1 Å². The number of ether oxygens (including phenoxy) is 3. The average molecular weight is 557 g/mol. The van der Waals surface area contributed by atoms with Gasteiger partial charge in [-0.05, 0) is 84.0 Å². The summed E-state index contributed by atoms with van der Waals surface area (Å²) in [6.07, 6.45) is 1.61. The molecule has 0 bridgehead atoms. The van der Waals surface area contributed by atoms with Gasteiger partial charge in [0.15, 0.2) is 17.2 Å². The fraction of sp³-hybridized carbons (Fsp3) is 0.154. The first kappa shape index (κ1) is 23.0. The van der Waals surface area contributed by atoms with Gasteiger partial charge in [0.1, 0.15) is 12.4 Å². The molecule has 0 unspecified atom stereocenters. The van der Waals surface area contributed by atoms with Gasteiger partial charge in [0.25, 0.3) is 0 Å². The van der Waals surface area contributed by atoms with Crippen LogP contribution >= 0.6 is 22.6 Å². The monoisotopic (exact) mass is 557 g/mol. The van der Waals surface area contributed by atoms with Crippen LogP contribution in [0, 0.1) is 16.3 Å². The maximum Gasteiger partial charge on any atom is 0.363 e. The van der Waals surface area contributed by atoms with Crippen molar-refractivity contribution in [1.29, 1.82) is 0 Å². The van der Waals surface area contributed by atoms with E-state index < -0.39 is 11.8 Å². The number of hydrogen-bond acceptors (Lipinski definition) is 5. The molecule has 0 amide bonds. The van der Waals surface area contributed by atoms with Crippen LogP contribution in [0.1, 0.15) is 29.2 Å². The Morgan fingerprint density at radius 1 is 1.09 bits per heavy atom. The third-order valence-electron chi connectivity index (χ3n) is 4.79. The maximum atomic E-state index is 13.5. The number of aryl methyl sites for hydroxylation is 1. The fourth-order valence-corrected chi connectivity index (χ4v) is 4.12. The zero-order chi connectivity index (χ0) is 23.4. The Hall–Kier alpha value is -3.20. The lowest BCUT2D eigenvalue weighted by Gasteiger charge is -2.15. The van der Waals surface area contributed by atoms with Crippen LogP contribution in [0.5, 0.6) is 11.5 Å². The van der Waals surface area contributed by atoms with Gasteiger partial charge in [-0.2, -0.15) is 0 Å². The number of nitrogens with zero attached hydrogens (tertiary/aromatic N) is 1. The molecule has 168 valence electrons. The molecule has 0 saturated heterocycles. The van der Waals surface area contributed by atoms with E-state index in [0.717, 1.165) is 9.13 Å². The highest BCUT2D eigenvalue weighted by atomic mass is 127. The quantitative estimate of drug-likeness (QED) is 0.201. The molecule has 4 rings (SSSR count). The van der Waals surface area contributed by atoms with Crippen LogP contribution in [-0.4, -0.2) is 18.5 Å². The minimum Gasteiger partial charge on any atom is -0.490 e. The predicted molar refractivity (Wildman–Crippen MR) is 133 cm³/mol. The van der Waals surface area contributed by atoms with Crippen LogP contribution in [0.4, 0.5) is 4.39 Å². The lowest BCUT2D eigenvalue weighted by molar-refractivity contribution is -0.129. The summed E-state index contributed by atoms with van der Waals surface area (Å²) in [4.78, 5) is 16.6. The Kier molecular flexibility index (Phi) is 7.08. The minimum atomic E-state index is -0.595. The van der Waals surface area contributed by atoms with Crippen molar-refractivity contribution in [3.8, 4) is 11.5 Å². The first-order chi connectivity index (χ1) is 15.9. The van der Waals surface area contributed by atoms with Gasteiger partial charge in [-0.3, -0.25) is 0 Å². The molecule has 0 spiro atoms. The van der Waals surface area contributed by atoms with E-state index in [0.29, 0.717) is 35.8 Å². The number of rotatable bonds is 7. The zero-order valence-electron chi connectivity index (χ0n) is 18.1. The summed E-state index contributed by atoms with van der Waals surface area (Å²) in [6.45, 7) is 4.80. The molecule has 0 fully saturated rings. The van der Waals surface area contributed by atoms with E-state index in [1.165, 1.54) is 23.8 Å². The molecule has 7 heteroatoms. The summed E-state index contributed by atoms with van der Waals surface area (Å²) in [6, 6.07) is 17.6. The summed E-state index contributed by atoms with van der Waals surface area (Å²) in [5.74, 6) is 0.259. The molecule has 0 saturated carbocycles. The lowest BCUT2D eigenvalue weighted by Crippen LogP contribution is -2.05. The third kappa shape index (κ3) is 5.60. The summed E-state index contributed by atoms with van der Waals surface area (Å²) >= 11 is 2.18. The number of benzene rings is 3. The van der Waals surface area contributed by atoms with Crippen molar-refractivity contribution < 1.29 is 23.4 Å². The fourth-order valence-electron chi connectivity index (χ4n) is 3.34. The standard InChI is InChI=1S/C26H21FINO4/c1-3-31-23-13-18(11-21(28)24(23)32-15-17-7-4-6-16(2)10-17)12-22-26(30)33-25(29-22)19-8-5-9-20(27)14-19/h4-14H,3,15H2,1-2H3/b22-12-. The van der Waals surface area contributed by atoms with Crippen LogP contribution in [0.25, 0.3) is 6.08 Å². The SMILES string of the molecule is CCOc1cc(/C=C2\N=C(c3cccc(F)c3)OC2=O)cc(I)c1OCc1cccc(C)c1. The van der Waals surface area contributed by atoms with Crippen molar-refractivity contribution in [2.75, 3.05) is 6.61 Å². The second-order valence-electron chi connectivity index (χ2n) is 7.39. The van der Waals surface area contributed by atoms with Crippen molar-refractivity contribution in [3.05, 3.63) is 98.0 Å². The molecule has 1 heterocycles. The normalized spacial score (nSPS) is 14.2. The largest absolute Gasteiger partial charge is 0.490 e. The summed E-state index contributed by atoms with van der Waals surface area (Å²) in [5, 5.41) is 0. The van der Waals surface area contributed by atoms with Gasteiger partial charge in [0.2, 0.25) is 5.90 Å². The van der Waals surface area contributed by atoms with Gasteiger partial charge in [0.05, 0.1) is 10.2 Å². The molecule has 0 aromatic heterocycles. The Morgan fingerprint density at radius 3 is 2.67 bits per heavy atom. The Morgan fingerprint density at radius 2 is 1.91 bits per heavy atom. The lowest BCUT2D eigenvalue weighted by atomic mass is 10.1. The van der Waals surface area contributed by atoms with Crippen LogP contribution in [-0.2, 0) is 16.1 Å². The first-order valence-corrected chi connectivity index (χ1v) is 11.4. The first-order valence-electron chi connectivity index (χ1n) is 10.4. The number of halogens is 2. The number of carbonyl (C=O) groups is 1. The number of esters is 1. The molecule has 0 radical (unpaired) electrons. The average Bonchev–Trinajstić information content (AvgIpc) is 3.14.